The van der Waals surface area contributed by atoms with Crippen molar-refractivity contribution in [3.05, 3.63) is 32.7 Å². The first-order chi connectivity index (χ1) is 7.66. The zero-order valence-corrected chi connectivity index (χ0v) is 10.5. The smallest absolute Gasteiger partial charge is 0.269 e. The molecule has 88 valence electrons. The van der Waals surface area contributed by atoms with Crippen molar-refractivity contribution in [2.24, 2.45) is 0 Å². The van der Waals surface area contributed by atoms with Gasteiger partial charge in [-0.3, -0.25) is 4.79 Å². The van der Waals surface area contributed by atoms with Gasteiger partial charge in [-0.05, 0) is 32.0 Å². The maximum Gasteiger partial charge on any atom is 0.269 e. The molecule has 1 aliphatic heterocycles. The Balaban J connectivity index is 2.05. The van der Waals surface area contributed by atoms with Crippen LogP contribution in [0.1, 0.15) is 12.8 Å². The lowest BCUT2D eigenvalue weighted by molar-refractivity contribution is 0.320. The SMILES string of the molecule is O=c1c(Cl)cc(Cl)cn1CCN1CCCC1. The average molecular weight is 261 g/mol. The molecule has 0 bridgehead atoms. The summed E-state index contributed by atoms with van der Waals surface area (Å²) in [7, 11) is 0. The lowest BCUT2D eigenvalue weighted by Gasteiger charge is -2.15. The first kappa shape index (κ1) is 12.0. The zero-order chi connectivity index (χ0) is 11.5. The van der Waals surface area contributed by atoms with Crippen LogP contribution < -0.4 is 5.56 Å². The van der Waals surface area contributed by atoms with E-state index in [9.17, 15) is 4.79 Å². The van der Waals surface area contributed by atoms with Gasteiger partial charge in [0.2, 0.25) is 0 Å². The molecule has 2 rings (SSSR count). The molecule has 0 spiro atoms. The summed E-state index contributed by atoms with van der Waals surface area (Å²) in [5.41, 5.74) is -0.162. The van der Waals surface area contributed by atoms with E-state index in [2.05, 4.69) is 4.90 Å². The number of hydrogen-bond donors (Lipinski definition) is 0. The standard InChI is InChI=1S/C11H14Cl2N2O/c12-9-7-10(13)11(16)15(8-9)6-5-14-3-1-2-4-14/h7-8H,1-6H2. The first-order valence-electron chi connectivity index (χ1n) is 5.44. The molecule has 1 aliphatic rings. The minimum atomic E-state index is -0.162. The Morgan fingerprint density at radius 2 is 1.88 bits per heavy atom. The molecule has 5 heteroatoms. The molecule has 0 saturated carbocycles. The molecule has 1 fully saturated rings. The van der Waals surface area contributed by atoms with Crippen LogP contribution in [-0.4, -0.2) is 29.1 Å². The second-order valence-corrected chi connectivity index (χ2v) is 4.90. The van der Waals surface area contributed by atoms with Crippen LogP contribution in [-0.2, 0) is 6.54 Å². The summed E-state index contributed by atoms with van der Waals surface area (Å²) in [4.78, 5) is 14.0. The quantitative estimate of drug-likeness (QED) is 0.833. The molecule has 0 N–H and O–H groups in total. The van der Waals surface area contributed by atoms with Crippen LogP contribution in [0.3, 0.4) is 0 Å². The van der Waals surface area contributed by atoms with Gasteiger partial charge in [0.1, 0.15) is 5.02 Å². The lowest BCUT2D eigenvalue weighted by atomic mass is 10.4. The van der Waals surface area contributed by atoms with Crippen LogP contribution in [0.4, 0.5) is 0 Å². The number of likely N-dealkylation sites (tertiary alicyclic amines) is 1. The van der Waals surface area contributed by atoms with E-state index in [1.807, 2.05) is 0 Å². The molecular formula is C11H14Cl2N2O. The molecule has 0 unspecified atom stereocenters. The zero-order valence-electron chi connectivity index (χ0n) is 8.96. The Labute approximate surface area is 105 Å². The molecular weight excluding hydrogens is 247 g/mol. The third-order valence-corrected chi connectivity index (χ3v) is 3.34. The monoisotopic (exact) mass is 260 g/mol. The van der Waals surface area contributed by atoms with Crippen LogP contribution in [0, 0.1) is 0 Å². The second-order valence-electron chi connectivity index (χ2n) is 4.05. The van der Waals surface area contributed by atoms with Crippen LogP contribution in [0.2, 0.25) is 10.0 Å². The highest BCUT2D eigenvalue weighted by Crippen LogP contribution is 2.12. The Morgan fingerprint density at radius 1 is 1.19 bits per heavy atom. The lowest BCUT2D eigenvalue weighted by Crippen LogP contribution is -2.29. The number of hydrogen-bond acceptors (Lipinski definition) is 2. The normalized spacial score (nSPS) is 16.9. The fourth-order valence-corrected chi connectivity index (χ4v) is 2.50. The topological polar surface area (TPSA) is 25.2 Å². The molecule has 0 amide bonds. The summed E-state index contributed by atoms with van der Waals surface area (Å²) < 4.78 is 1.59. The van der Waals surface area contributed by atoms with Gasteiger partial charge in [-0.1, -0.05) is 23.2 Å². The number of halogens is 2. The van der Waals surface area contributed by atoms with Crippen molar-refractivity contribution in [2.75, 3.05) is 19.6 Å². The average Bonchev–Trinajstić information content (AvgIpc) is 2.74. The fourth-order valence-electron chi connectivity index (χ4n) is 1.99. The van der Waals surface area contributed by atoms with Crippen LogP contribution in [0.25, 0.3) is 0 Å². The summed E-state index contributed by atoms with van der Waals surface area (Å²) in [6.45, 7) is 3.79. The van der Waals surface area contributed by atoms with E-state index in [-0.39, 0.29) is 10.6 Å². The number of pyridine rings is 1. The number of rotatable bonds is 3. The molecule has 16 heavy (non-hydrogen) atoms. The van der Waals surface area contributed by atoms with Crippen molar-refractivity contribution < 1.29 is 0 Å². The van der Waals surface area contributed by atoms with Gasteiger partial charge in [0, 0.05) is 19.3 Å². The molecule has 0 aliphatic carbocycles. The van der Waals surface area contributed by atoms with Crippen LogP contribution in [0.15, 0.2) is 17.1 Å². The molecule has 1 aromatic heterocycles. The van der Waals surface area contributed by atoms with Gasteiger partial charge in [-0.2, -0.15) is 0 Å². The van der Waals surface area contributed by atoms with Crippen molar-refractivity contribution in [3.8, 4) is 0 Å². The van der Waals surface area contributed by atoms with Gasteiger partial charge >= 0.3 is 0 Å². The molecule has 2 heterocycles. The van der Waals surface area contributed by atoms with E-state index in [4.69, 9.17) is 23.2 Å². The Kier molecular flexibility index (Phi) is 3.90. The first-order valence-corrected chi connectivity index (χ1v) is 6.20. The summed E-state index contributed by atoms with van der Waals surface area (Å²) in [6, 6.07) is 1.48. The van der Waals surface area contributed by atoms with Gasteiger partial charge in [0.15, 0.2) is 0 Å². The molecule has 0 radical (unpaired) electrons. The van der Waals surface area contributed by atoms with Crippen molar-refractivity contribution in [1.82, 2.24) is 9.47 Å². The summed E-state index contributed by atoms with van der Waals surface area (Å²) in [5, 5.41) is 0.694. The van der Waals surface area contributed by atoms with Gasteiger partial charge in [-0.25, -0.2) is 0 Å². The second kappa shape index (κ2) is 5.21. The van der Waals surface area contributed by atoms with E-state index in [1.165, 1.54) is 18.9 Å². The highest BCUT2D eigenvalue weighted by molar-refractivity contribution is 6.34. The molecule has 0 aromatic carbocycles. The minimum Gasteiger partial charge on any atom is -0.311 e. The predicted octanol–water partition coefficient (Wildman–Crippen LogP) is 2.25. The summed E-state index contributed by atoms with van der Waals surface area (Å²) >= 11 is 11.6. The van der Waals surface area contributed by atoms with E-state index in [1.54, 1.807) is 10.8 Å². The molecule has 3 nitrogen and oxygen atoms in total. The van der Waals surface area contributed by atoms with E-state index in [0.717, 1.165) is 19.6 Å². The van der Waals surface area contributed by atoms with Gasteiger partial charge in [0.05, 0.1) is 5.02 Å². The van der Waals surface area contributed by atoms with Crippen molar-refractivity contribution in [3.63, 3.8) is 0 Å². The van der Waals surface area contributed by atoms with Crippen LogP contribution in [0.5, 0.6) is 0 Å². The Bertz CT molecular complexity index is 424. The maximum atomic E-state index is 11.7. The highest BCUT2D eigenvalue weighted by Gasteiger charge is 2.11. The van der Waals surface area contributed by atoms with E-state index >= 15 is 0 Å². The number of aromatic nitrogens is 1. The third-order valence-electron chi connectivity index (χ3n) is 2.86. The molecule has 0 atom stereocenters. The maximum absolute atomic E-state index is 11.7. The Morgan fingerprint density at radius 3 is 2.56 bits per heavy atom. The van der Waals surface area contributed by atoms with Gasteiger partial charge in [-0.15, -0.1) is 0 Å². The van der Waals surface area contributed by atoms with Crippen molar-refractivity contribution in [2.45, 2.75) is 19.4 Å². The van der Waals surface area contributed by atoms with E-state index < -0.39 is 0 Å². The van der Waals surface area contributed by atoms with Crippen molar-refractivity contribution >= 4 is 23.2 Å². The van der Waals surface area contributed by atoms with E-state index in [0.29, 0.717) is 11.6 Å². The van der Waals surface area contributed by atoms with Gasteiger partial charge in [0.25, 0.3) is 5.56 Å². The summed E-state index contributed by atoms with van der Waals surface area (Å²) in [5.74, 6) is 0. The molecule has 1 aromatic rings. The van der Waals surface area contributed by atoms with Crippen molar-refractivity contribution in [1.29, 1.82) is 0 Å². The highest BCUT2D eigenvalue weighted by atomic mass is 35.5. The fraction of sp³-hybridized carbons (Fsp3) is 0.545. The van der Waals surface area contributed by atoms with Gasteiger partial charge < -0.3 is 9.47 Å². The molecule has 1 saturated heterocycles. The third kappa shape index (κ3) is 2.78. The summed E-state index contributed by atoms with van der Waals surface area (Å²) in [6.07, 6.45) is 4.16. The minimum absolute atomic E-state index is 0.162. The Hall–Kier alpha value is -0.510. The predicted molar refractivity (Wildman–Crippen MR) is 66.4 cm³/mol. The number of nitrogens with zero attached hydrogens (tertiary/aromatic N) is 2. The largest absolute Gasteiger partial charge is 0.311 e. The van der Waals surface area contributed by atoms with Crippen LogP contribution >= 0.6 is 23.2 Å².